The van der Waals surface area contributed by atoms with Crippen LogP contribution >= 0.6 is 11.6 Å². The number of hydrogen-bond acceptors (Lipinski definition) is 4. The summed E-state index contributed by atoms with van der Waals surface area (Å²) < 4.78 is 1.46. The van der Waals surface area contributed by atoms with Gasteiger partial charge in [-0.05, 0) is 42.2 Å². The molecule has 30 heavy (non-hydrogen) atoms. The number of amides is 1. The van der Waals surface area contributed by atoms with Gasteiger partial charge in [0.2, 0.25) is 11.9 Å². The lowest BCUT2D eigenvalue weighted by molar-refractivity contribution is -0.121. The second-order valence-electron chi connectivity index (χ2n) is 7.47. The molecule has 1 aliphatic rings. The molecule has 1 N–H and O–H groups in total. The summed E-state index contributed by atoms with van der Waals surface area (Å²) in [7, 11) is 0. The van der Waals surface area contributed by atoms with Crippen molar-refractivity contribution in [2.24, 2.45) is 0 Å². The number of nitrogens with one attached hydrogen (secondary N) is 1. The topological polar surface area (TPSA) is 67.2 Å². The van der Waals surface area contributed by atoms with Crippen LogP contribution in [0, 0.1) is 6.92 Å². The summed E-state index contributed by atoms with van der Waals surface area (Å²) in [5, 5.41) is 3.51. The van der Waals surface area contributed by atoms with Crippen LogP contribution in [-0.2, 0) is 30.8 Å². The van der Waals surface area contributed by atoms with Gasteiger partial charge in [-0.2, -0.15) is 0 Å². The molecule has 154 valence electrons. The van der Waals surface area contributed by atoms with Gasteiger partial charge in [-0.25, -0.2) is 4.98 Å². The Morgan fingerprint density at radius 2 is 1.87 bits per heavy atom. The van der Waals surface area contributed by atoms with Crippen molar-refractivity contribution in [3.05, 3.63) is 92.4 Å². The zero-order chi connectivity index (χ0) is 21.1. The van der Waals surface area contributed by atoms with Crippen molar-refractivity contribution < 1.29 is 4.79 Å². The summed E-state index contributed by atoms with van der Waals surface area (Å²) in [6.07, 6.45) is 0.878. The highest BCUT2D eigenvalue weighted by Crippen LogP contribution is 2.22. The van der Waals surface area contributed by atoms with Gasteiger partial charge in [-0.1, -0.05) is 48.0 Å². The summed E-state index contributed by atoms with van der Waals surface area (Å²) in [5.41, 5.74) is 3.90. The molecule has 0 atom stereocenters. The van der Waals surface area contributed by atoms with Crippen molar-refractivity contribution in [3.63, 3.8) is 0 Å². The number of hydrogen-bond donors (Lipinski definition) is 1. The van der Waals surface area contributed by atoms with Crippen molar-refractivity contribution in [1.29, 1.82) is 0 Å². The third-order valence-corrected chi connectivity index (χ3v) is 5.49. The molecule has 0 fully saturated rings. The first-order valence-corrected chi connectivity index (χ1v) is 10.3. The molecule has 2 heterocycles. The molecule has 0 radical (unpaired) electrons. The smallest absolute Gasteiger partial charge is 0.255 e. The van der Waals surface area contributed by atoms with E-state index in [1.54, 1.807) is 19.1 Å². The number of anilines is 1. The van der Waals surface area contributed by atoms with E-state index >= 15 is 0 Å². The highest BCUT2D eigenvalue weighted by molar-refractivity contribution is 6.30. The highest BCUT2D eigenvalue weighted by Gasteiger charge is 2.21. The van der Waals surface area contributed by atoms with Gasteiger partial charge in [0.05, 0.1) is 0 Å². The fourth-order valence-corrected chi connectivity index (χ4v) is 3.79. The molecule has 0 bridgehead atoms. The van der Waals surface area contributed by atoms with Crippen LogP contribution in [-0.4, -0.2) is 22.0 Å². The van der Waals surface area contributed by atoms with E-state index in [1.807, 2.05) is 24.3 Å². The lowest BCUT2D eigenvalue weighted by atomic mass is 10.0. The monoisotopic (exact) mass is 422 g/mol. The third kappa shape index (κ3) is 4.54. The maximum Gasteiger partial charge on any atom is 0.255 e. The van der Waals surface area contributed by atoms with Gasteiger partial charge in [-0.3, -0.25) is 14.2 Å². The summed E-state index contributed by atoms with van der Waals surface area (Å²) in [6.45, 7) is 3.51. The van der Waals surface area contributed by atoms with Crippen molar-refractivity contribution in [3.8, 4) is 0 Å². The number of carbonyl (C=O) groups is 1. The molecular weight excluding hydrogens is 400 g/mol. The Balaban J connectivity index is 1.52. The Hall–Kier alpha value is -3.12. The molecule has 0 aliphatic carbocycles. The van der Waals surface area contributed by atoms with Gasteiger partial charge in [0.1, 0.15) is 6.54 Å². The van der Waals surface area contributed by atoms with E-state index in [0.717, 1.165) is 18.5 Å². The minimum atomic E-state index is -0.239. The standard InChI is InChI=1S/C23H23ClN4O2/c1-16-12-22(30)28(15-21(29)25-13-17-6-8-20(24)9-7-17)23(26-16)27-11-10-18-4-2-3-5-19(18)14-27/h2-9,12H,10-11,13-15H2,1H3,(H,25,29). The van der Waals surface area contributed by atoms with Gasteiger partial charge >= 0.3 is 0 Å². The van der Waals surface area contributed by atoms with Crippen molar-refractivity contribution in [2.75, 3.05) is 11.4 Å². The number of halogens is 1. The minimum absolute atomic E-state index is 0.0762. The third-order valence-electron chi connectivity index (χ3n) is 5.23. The van der Waals surface area contributed by atoms with E-state index in [2.05, 4.69) is 27.3 Å². The predicted octanol–water partition coefficient (Wildman–Crippen LogP) is 3.08. The Bertz CT molecular complexity index is 1120. The molecule has 1 aromatic heterocycles. The molecule has 6 nitrogen and oxygen atoms in total. The van der Waals surface area contributed by atoms with Crippen LogP contribution in [0.15, 0.2) is 59.4 Å². The molecule has 0 saturated heterocycles. The van der Waals surface area contributed by atoms with Crippen LogP contribution in [0.25, 0.3) is 0 Å². The Kier molecular flexibility index (Phi) is 5.86. The Morgan fingerprint density at radius 1 is 1.13 bits per heavy atom. The fourth-order valence-electron chi connectivity index (χ4n) is 3.66. The molecule has 0 spiro atoms. The quantitative estimate of drug-likeness (QED) is 0.686. The number of aryl methyl sites for hydroxylation is 1. The lowest BCUT2D eigenvalue weighted by Crippen LogP contribution is -2.39. The van der Waals surface area contributed by atoms with E-state index in [1.165, 1.54) is 21.8 Å². The SMILES string of the molecule is Cc1cc(=O)n(CC(=O)NCc2ccc(Cl)cc2)c(N2CCc3ccccc3C2)n1. The van der Waals surface area contributed by atoms with Crippen LogP contribution in [0.5, 0.6) is 0 Å². The van der Waals surface area contributed by atoms with Gasteiger partial charge in [-0.15, -0.1) is 0 Å². The molecule has 0 saturated carbocycles. The first-order chi connectivity index (χ1) is 14.5. The van der Waals surface area contributed by atoms with Crippen LogP contribution in [0.2, 0.25) is 5.02 Å². The van der Waals surface area contributed by atoms with E-state index in [4.69, 9.17) is 11.6 Å². The molecule has 1 amide bonds. The summed E-state index contributed by atoms with van der Waals surface area (Å²) in [6, 6.07) is 17.0. The minimum Gasteiger partial charge on any atom is -0.350 e. The maximum absolute atomic E-state index is 12.7. The molecule has 7 heteroatoms. The number of carbonyl (C=O) groups excluding carboxylic acids is 1. The van der Waals surface area contributed by atoms with E-state index in [-0.39, 0.29) is 18.0 Å². The maximum atomic E-state index is 12.7. The van der Waals surface area contributed by atoms with Crippen LogP contribution in [0.1, 0.15) is 22.4 Å². The summed E-state index contributed by atoms with van der Waals surface area (Å²) >= 11 is 5.90. The van der Waals surface area contributed by atoms with Gasteiger partial charge in [0.25, 0.3) is 5.56 Å². The predicted molar refractivity (Wildman–Crippen MR) is 118 cm³/mol. The van der Waals surface area contributed by atoms with Crippen LogP contribution in [0.3, 0.4) is 0 Å². The summed E-state index contributed by atoms with van der Waals surface area (Å²) in [4.78, 5) is 32.0. The van der Waals surface area contributed by atoms with E-state index < -0.39 is 0 Å². The average Bonchev–Trinajstić information content (AvgIpc) is 2.74. The van der Waals surface area contributed by atoms with Gasteiger partial charge in [0.15, 0.2) is 0 Å². The number of rotatable bonds is 5. The number of aromatic nitrogens is 2. The molecule has 4 rings (SSSR count). The zero-order valence-corrected chi connectivity index (χ0v) is 17.5. The normalized spacial score (nSPS) is 13.1. The highest BCUT2D eigenvalue weighted by atomic mass is 35.5. The second-order valence-corrected chi connectivity index (χ2v) is 7.90. The molecule has 1 aliphatic heterocycles. The second kappa shape index (κ2) is 8.71. The first-order valence-electron chi connectivity index (χ1n) is 9.91. The Morgan fingerprint density at radius 3 is 2.63 bits per heavy atom. The molecular formula is C23H23ClN4O2. The molecule has 2 aromatic carbocycles. The molecule has 3 aromatic rings. The Labute approximate surface area is 180 Å². The van der Waals surface area contributed by atoms with Crippen molar-refractivity contribution in [2.45, 2.75) is 33.0 Å². The van der Waals surface area contributed by atoms with Gasteiger partial charge in [0, 0.05) is 36.4 Å². The van der Waals surface area contributed by atoms with Crippen molar-refractivity contribution >= 4 is 23.5 Å². The zero-order valence-electron chi connectivity index (χ0n) is 16.8. The van der Waals surface area contributed by atoms with Gasteiger partial charge < -0.3 is 10.2 Å². The van der Waals surface area contributed by atoms with Crippen LogP contribution in [0.4, 0.5) is 5.95 Å². The summed E-state index contributed by atoms with van der Waals surface area (Å²) in [5.74, 6) is 0.299. The van der Waals surface area contributed by atoms with E-state index in [9.17, 15) is 9.59 Å². The molecule has 0 unspecified atom stereocenters. The fraction of sp³-hybridized carbons (Fsp3) is 0.261. The number of benzene rings is 2. The lowest BCUT2D eigenvalue weighted by Gasteiger charge is -2.31. The largest absolute Gasteiger partial charge is 0.350 e. The number of fused-ring (bicyclic) bond motifs is 1. The van der Waals surface area contributed by atoms with Crippen molar-refractivity contribution in [1.82, 2.24) is 14.9 Å². The van der Waals surface area contributed by atoms with E-state index in [0.29, 0.717) is 29.8 Å². The van der Waals surface area contributed by atoms with Crippen LogP contribution < -0.4 is 15.8 Å². The first kappa shape index (κ1) is 20.2. The number of nitrogens with zero attached hydrogens (tertiary/aromatic N) is 3. The average molecular weight is 423 g/mol.